The van der Waals surface area contributed by atoms with E-state index in [9.17, 15) is 0 Å². The maximum Gasteiger partial charge on any atom is 0.134 e. The van der Waals surface area contributed by atoms with Crippen molar-refractivity contribution in [3.63, 3.8) is 0 Å². The summed E-state index contributed by atoms with van der Waals surface area (Å²) in [7, 11) is 3.33. The van der Waals surface area contributed by atoms with Gasteiger partial charge in [-0.3, -0.25) is 0 Å². The van der Waals surface area contributed by atoms with Crippen molar-refractivity contribution in [1.82, 2.24) is 0 Å². The molecular weight excluding hydrogens is 228 g/mol. The van der Waals surface area contributed by atoms with Crippen LogP contribution in [0.4, 0.5) is 0 Å². The van der Waals surface area contributed by atoms with Crippen molar-refractivity contribution in [3.05, 3.63) is 0 Å². The van der Waals surface area contributed by atoms with Crippen LogP contribution in [-0.2, 0) is 9.47 Å². The summed E-state index contributed by atoms with van der Waals surface area (Å²) in [6.07, 6.45) is 12.7. The molecular formula is C14H32O2Si. The number of rotatable bonds is 13. The van der Waals surface area contributed by atoms with Crippen molar-refractivity contribution in [1.29, 1.82) is 0 Å². The highest BCUT2D eigenvalue weighted by atomic mass is 28.2. The summed E-state index contributed by atoms with van der Waals surface area (Å²) in [6, 6.07) is 1.36. The summed E-state index contributed by atoms with van der Waals surface area (Å²) in [5.41, 5.74) is 0. The van der Waals surface area contributed by atoms with Crippen molar-refractivity contribution < 1.29 is 9.47 Å². The average molecular weight is 260 g/mol. The summed E-state index contributed by atoms with van der Waals surface area (Å²) < 4.78 is 10.4. The second-order valence-electron chi connectivity index (χ2n) is 4.87. The number of hydrogen-bond acceptors (Lipinski definition) is 2. The molecule has 0 unspecified atom stereocenters. The lowest BCUT2D eigenvalue weighted by molar-refractivity contribution is -0.0441. The highest BCUT2D eigenvalue weighted by Gasteiger charge is 2.04. The lowest BCUT2D eigenvalue weighted by Crippen LogP contribution is -2.20. The van der Waals surface area contributed by atoms with E-state index in [1.165, 1.54) is 63.8 Å². The number of unbranched alkanes of at least 4 members (excludes halogenated alkanes) is 8. The first-order valence-electron chi connectivity index (χ1n) is 7.40. The molecule has 0 bridgehead atoms. The molecule has 0 heterocycles. The Labute approximate surface area is 110 Å². The Morgan fingerprint density at radius 2 is 1.24 bits per heavy atom. The van der Waals surface area contributed by atoms with Crippen LogP contribution >= 0.6 is 0 Å². The lowest BCUT2D eigenvalue weighted by Gasteiger charge is -2.12. The van der Waals surface area contributed by atoms with Crippen molar-refractivity contribution in [2.75, 3.05) is 14.2 Å². The first-order valence-corrected chi connectivity index (χ1v) is 9.22. The Morgan fingerprint density at radius 3 is 1.71 bits per heavy atom. The van der Waals surface area contributed by atoms with Gasteiger partial charge < -0.3 is 9.47 Å². The van der Waals surface area contributed by atoms with E-state index >= 15 is 0 Å². The van der Waals surface area contributed by atoms with Crippen molar-refractivity contribution in [3.8, 4) is 0 Å². The largest absolute Gasteiger partial charge is 0.360 e. The smallest absolute Gasteiger partial charge is 0.134 e. The Hall–Kier alpha value is 0.137. The zero-order valence-corrected chi connectivity index (χ0v) is 13.6. The number of hydrogen-bond donors (Lipinski definition) is 0. The van der Waals surface area contributed by atoms with Gasteiger partial charge in [0.05, 0.1) is 9.52 Å². The molecule has 0 aliphatic carbocycles. The van der Waals surface area contributed by atoms with E-state index in [1.54, 1.807) is 14.2 Å². The van der Waals surface area contributed by atoms with Crippen LogP contribution in [0.2, 0.25) is 6.04 Å². The molecule has 0 atom stereocenters. The molecule has 0 N–H and O–H groups in total. The Bertz CT molecular complexity index is 138. The van der Waals surface area contributed by atoms with Gasteiger partial charge >= 0.3 is 0 Å². The SMILES string of the molecule is CCCCCCCCCCC[SiH2]C(OC)OC. The molecule has 0 spiro atoms. The second-order valence-corrected chi connectivity index (χ2v) is 6.82. The second kappa shape index (κ2) is 14.2. The Morgan fingerprint density at radius 1 is 0.765 bits per heavy atom. The molecule has 0 fully saturated rings. The molecule has 0 aromatic rings. The first-order chi connectivity index (χ1) is 8.35. The van der Waals surface area contributed by atoms with Crippen LogP contribution < -0.4 is 0 Å². The minimum Gasteiger partial charge on any atom is -0.360 e. The third-order valence-electron chi connectivity index (χ3n) is 3.32. The van der Waals surface area contributed by atoms with Crippen LogP contribution in [0.1, 0.15) is 64.7 Å². The van der Waals surface area contributed by atoms with Gasteiger partial charge in [0.2, 0.25) is 0 Å². The zero-order chi connectivity index (χ0) is 12.8. The van der Waals surface area contributed by atoms with Crippen molar-refractivity contribution >= 4 is 9.52 Å². The molecule has 0 aromatic carbocycles. The van der Waals surface area contributed by atoms with Crippen LogP contribution in [-0.4, -0.2) is 29.7 Å². The molecule has 0 aliphatic heterocycles. The minimum atomic E-state index is -0.170. The number of ether oxygens (including phenoxy) is 2. The van der Waals surface area contributed by atoms with Gasteiger partial charge in [0.25, 0.3) is 0 Å². The molecule has 2 nitrogen and oxygen atoms in total. The predicted octanol–water partition coefficient (Wildman–Crippen LogP) is 3.68. The maximum atomic E-state index is 5.22. The van der Waals surface area contributed by atoms with E-state index in [1.807, 2.05) is 0 Å². The molecule has 0 aliphatic rings. The maximum absolute atomic E-state index is 5.22. The summed E-state index contributed by atoms with van der Waals surface area (Å²) in [4.78, 5) is 0. The highest BCUT2D eigenvalue weighted by Crippen LogP contribution is 2.10. The Balaban J connectivity index is 3.03. The third kappa shape index (κ3) is 12.4. The Kier molecular flexibility index (Phi) is 14.3. The van der Waals surface area contributed by atoms with Crippen LogP contribution in [0.25, 0.3) is 0 Å². The summed E-state index contributed by atoms with van der Waals surface area (Å²) in [5, 5.41) is 0. The van der Waals surface area contributed by atoms with Crippen LogP contribution in [0.15, 0.2) is 0 Å². The van der Waals surface area contributed by atoms with E-state index < -0.39 is 0 Å². The van der Waals surface area contributed by atoms with Gasteiger partial charge in [-0.2, -0.15) is 0 Å². The molecule has 0 aromatic heterocycles. The molecule has 0 saturated heterocycles. The van der Waals surface area contributed by atoms with Gasteiger partial charge in [0.1, 0.15) is 5.91 Å². The first kappa shape index (κ1) is 17.1. The summed E-state index contributed by atoms with van der Waals surface area (Å²) in [6.45, 7) is 2.27. The lowest BCUT2D eigenvalue weighted by atomic mass is 10.1. The van der Waals surface area contributed by atoms with Crippen LogP contribution in [0, 0.1) is 0 Å². The van der Waals surface area contributed by atoms with Gasteiger partial charge in [-0.15, -0.1) is 0 Å². The zero-order valence-electron chi connectivity index (χ0n) is 12.2. The topological polar surface area (TPSA) is 18.5 Å². The van der Waals surface area contributed by atoms with E-state index in [0.717, 1.165) is 0 Å². The normalized spacial score (nSPS) is 12.0. The monoisotopic (exact) mass is 260 g/mol. The van der Waals surface area contributed by atoms with Gasteiger partial charge in [-0.05, 0) is 0 Å². The summed E-state index contributed by atoms with van der Waals surface area (Å²) >= 11 is 0. The average Bonchev–Trinajstić information content (AvgIpc) is 2.36. The van der Waals surface area contributed by atoms with Crippen molar-refractivity contribution in [2.45, 2.75) is 76.7 Å². The highest BCUT2D eigenvalue weighted by molar-refractivity contribution is 6.36. The molecule has 0 rings (SSSR count). The third-order valence-corrected chi connectivity index (χ3v) is 5.37. The molecule has 0 radical (unpaired) electrons. The fourth-order valence-electron chi connectivity index (χ4n) is 2.13. The summed E-state index contributed by atoms with van der Waals surface area (Å²) in [5.74, 6) is 0.143. The van der Waals surface area contributed by atoms with E-state index in [2.05, 4.69) is 6.92 Å². The molecule has 0 saturated carbocycles. The van der Waals surface area contributed by atoms with Gasteiger partial charge in [-0.25, -0.2) is 0 Å². The molecule has 17 heavy (non-hydrogen) atoms. The van der Waals surface area contributed by atoms with Gasteiger partial charge in [-0.1, -0.05) is 70.8 Å². The minimum absolute atomic E-state index is 0.143. The van der Waals surface area contributed by atoms with Gasteiger partial charge in [0, 0.05) is 14.2 Å². The molecule has 0 amide bonds. The van der Waals surface area contributed by atoms with Crippen LogP contribution in [0.5, 0.6) is 0 Å². The van der Waals surface area contributed by atoms with Crippen LogP contribution in [0.3, 0.4) is 0 Å². The fourth-order valence-corrected chi connectivity index (χ4v) is 3.58. The van der Waals surface area contributed by atoms with E-state index in [0.29, 0.717) is 0 Å². The van der Waals surface area contributed by atoms with Gasteiger partial charge in [0.15, 0.2) is 0 Å². The van der Waals surface area contributed by atoms with E-state index in [4.69, 9.17) is 9.47 Å². The molecule has 3 heteroatoms. The molecule has 104 valence electrons. The van der Waals surface area contributed by atoms with E-state index in [-0.39, 0.29) is 15.4 Å². The standard InChI is InChI=1S/C14H32O2Si/c1-4-5-6-7-8-9-10-11-12-13-17-14(15-2)16-3/h14H,4-13,17H2,1-3H3. The fraction of sp³-hybridized carbons (Fsp3) is 1.00. The van der Waals surface area contributed by atoms with Crippen molar-refractivity contribution in [2.24, 2.45) is 0 Å². The predicted molar refractivity (Wildman–Crippen MR) is 78.4 cm³/mol. The number of methoxy groups -OCH3 is 2. The quantitative estimate of drug-likeness (QED) is 0.286.